The maximum absolute atomic E-state index is 12.4. The molecule has 0 aliphatic carbocycles. The molecule has 4 aromatic rings. The number of nitrogens with zero attached hydrogens (tertiary/aromatic N) is 1. The summed E-state index contributed by atoms with van der Waals surface area (Å²) in [6, 6.07) is 21.0. The van der Waals surface area contributed by atoms with Gasteiger partial charge in [0.05, 0.1) is 6.10 Å². The molecule has 0 unspecified atom stereocenters. The van der Waals surface area contributed by atoms with Crippen LogP contribution in [0.15, 0.2) is 77.2 Å². The quantitative estimate of drug-likeness (QED) is 0.381. The summed E-state index contributed by atoms with van der Waals surface area (Å²) in [6.45, 7) is 5.98. The number of oxazole rings is 1. The number of carbonyl (C=O) groups is 1. The van der Waals surface area contributed by atoms with Crippen molar-refractivity contribution in [2.75, 3.05) is 5.32 Å². The van der Waals surface area contributed by atoms with Crippen molar-refractivity contribution in [2.24, 2.45) is 0 Å². The van der Waals surface area contributed by atoms with Gasteiger partial charge in [0.2, 0.25) is 11.8 Å². The van der Waals surface area contributed by atoms with Crippen molar-refractivity contribution in [3.63, 3.8) is 0 Å². The number of ether oxygens (including phenoxy) is 1. The highest BCUT2D eigenvalue weighted by molar-refractivity contribution is 6.02. The van der Waals surface area contributed by atoms with E-state index in [9.17, 15) is 4.79 Å². The van der Waals surface area contributed by atoms with Crippen LogP contribution >= 0.6 is 0 Å². The Balaban J connectivity index is 1.47. The fraction of sp³-hybridized carbons (Fsp3) is 0.154. The van der Waals surface area contributed by atoms with Gasteiger partial charge in [-0.2, -0.15) is 0 Å². The molecule has 0 atom stereocenters. The van der Waals surface area contributed by atoms with Crippen LogP contribution in [0.1, 0.15) is 25.0 Å². The average Bonchev–Trinajstić information content (AvgIpc) is 3.16. The molecule has 31 heavy (non-hydrogen) atoms. The molecule has 0 saturated heterocycles. The van der Waals surface area contributed by atoms with Crippen molar-refractivity contribution < 1.29 is 13.9 Å². The van der Waals surface area contributed by atoms with Crippen molar-refractivity contribution in [1.29, 1.82) is 0 Å². The van der Waals surface area contributed by atoms with Crippen LogP contribution in [-0.4, -0.2) is 17.0 Å². The maximum atomic E-state index is 12.4. The van der Waals surface area contributed by atoms with E-state index < -0.39 is 0 Å². The zero-order valence-corrected chi connectivity index (χ0v) is 17.8. The summed E-state index contributed by atoms with van der Waals surface area (Å²) < 4.78 is 11.6. The van der Waals surface area contributed by atoms with Crippen LogP contribution in [0.2, 0.25) is 0 Å². The van der Waals surface area contributed by atoms with Gasteiger partial charge < -0.3 is 14.5 Å². The molecule has 5 heteroatoms. The monoisotopic (exact) mass is 412 g/mol. The number of nitrogens with one attached hydrogen (secondary N) is 1. The number of anilines is 1. The van der Waals surface area contributed by atoms with Gasteiger partial charge in [0.25, 0.3) is 0 Å². The number of benzene rings is 3. The number of aryl methyl sites for hydroxylation is 1. The number of rotatable bonds is 6. The standard InChI is InChI=1S/C26H24N2O3/c1-17(2)30-22-9-5-7-19(15-22)10-13-25(29)27-21-11-12-23-24(16-21)31-26(28-23)20-8-4-6-18(3)14-20/h4-17H,1-3H3,(H,27,29)/b13-10+. The highest BCUT2D eigenvalue weighted by Gasteiger charge is 2.09. The molecule has 1 amide bonds. The Kier molecular flexibility index (Phi) is 5.85. The van der Waals surface area contributed by atoms with Crippen molar-refractivity contribution in [1.82, 2.24) is 4.98 Å². The average molecular weight is 412 g/mol. The van der Waals surface area contributed by atoms with E-state index in [-0.39, 0.29) is 12.0 Å². The van der Waals surface area contributed by atoms with Gasteiger partial charge >= 0.3 is 0 Å². The highest BCUT2D eigenvalue weighted by Crippen LogP contribution is 2.27. The summed E-state index contributed by atoms with van der Waals surface area (Å²) in [5, 5.41) is 2.86. The van der Waals surface area contributed by atoms with Gasteiger partial charge in [-0.05, 0) is 68.8 Å². The summed E-state index contributed by atoms with van der Waals surface area (Å²) in [6.07, 6.45) is 3.35. The van der Waals surface area contributed by atoms with E-state index in [1.165, 1.54) is 6.08 Å². The predicted molar refractivity (Wildman–Crippen MR) is 124 cm³/mol. The lowest BCUT2D eigenvalue weighted by atomic mass is 10.1. The molecule has 4 rings (SSSR count). The number of carbonyl (C=O) groups excluding carboxylic acids is 1. The largest absolute Gasteiger partial charge is 0.491 e. The zero-order chi connectivity index (χ0) is 21.8. The number of aromatic nitrogens is 1. The van der Waals surface area contributed by atoms with Crippen molar-refractivity contribution in [3.05, 3.63) is 83.9 Å². The van der Waals surface area contributed by atoms with E-state index in [0.717, 1.165) is 28.0 Å². The number of hydrogen-bond donors (Lipinski definition) is 1. The van der Waals surface area contributed by atoms with Crippen LogP contribution in [-0.2, 0) is 4.79 Å². The molecule has 0 fully saturated rings. The molecule has 156 valence electrons. The smallest absolute Gasteiger partial charge is 0.248 e. The summed E-state index contributed by atoms with van der Waals surface area (Å²) in [7, 11) is 0. The van der Waals surface area contributed by atoms with E-state index >= 15 is 0 Å². The first-order chi connectivity index (χ1) is 15.0. The molecule has 1 aromatic heterocycles. The van der Waals surface area contributed by atoms with Crippen LogP contribution in [0.25, 0.3) is 28.6 Å². The van der Waals surface area contributed by atoms with Crippen LogP contribution in [0.4, 0.5) is 5.69 Å². The summed E-state index contributed by atoms with van der Waals surface area (Å²) in [4.78, 5) is 16.9. The molecule has 0 aliphatic rings. The zero-order valence-electron chi connectivity index (χ0n) is 17.8. The summed E-state index contributed by atoms with van der Waals surface area (Å²) in [5.74, 6) is 1.11. The summed E-state index contributed by atoms with van der Waals surface area (Å²) in [5.41, 5.74) is 4.96. The molecule has 3 aromatic carbocycles. The molecular formula is C26H24N2O3. The summed E-state index contributed by atoms with van der Waals surface area (Å²) >= 11 is 0. The maximum Gasteiger partial charge on any atom is 0.248 e. The lowest BCUT2D eigenvalue weighted by molar-refractivity contribution is -0.111. The Morgan fingerprint density at radius 2 is 1.90 bits per heavy atom. The third-order valence-corrected chi connectivity index (χ3v) is 4.58. The van der Waals surface area contributed by atoms with E-state index in [1.54, 1.807) is 12.1 Å². The fourth-order valence-corrected chi connectivity index (χ4v) is 3.22. The first kappa shape index (κ1) is 20.4. The lowest BCUT2D eigenvalue weighted by Crippen LogP contribution is -2.07. The number of fused-ring (bicyclic) bond motifs is 1. The topological polar surface area (TPSA) is 64.4 Å². The molecule has 0 aliphatic heterocycles. The number of amides is 1. The minimum atomic E-state index is -0.229. The van der Waals surface area contributed by atoms with Gasteiger partial charge in [-0.15, -0.1) is 0 Å². The van der Waals surface area contributed by atoms with Gasteiger partial charge in [-0.1, -0.05) is 29.8 Å². The molecule has 5 nitrogen and oxygen atoms in total. The Morgan fingerprint density at radius 1 is 1.06 bits per heavy atom. The Hall–Kier alpha value is -3.86. The second kappa shape index (κ2) is 8.88. The Morgan fingerprint density at radius 3 is 2.71 bits per heavy atom. The Bertz CT molecular complexity index is 1250. The van der Waals surface area contributed by atoms with Gasteiger partial charge in [0.1, 0.15) is 11.3 Å². The second-order valence-corrected chi connectivity index (χ2v) is 7.63. The van der Waals surface area contributed by atoms with Crippen molar-refractivity contribution in [2.45, 2.75) is 26.9 Å². The minimum Gasteiger partial charge on any atom is -0.491 e. The van der Waals surface area contributed by atoms with Crippen LogP contribution in [0, 0.1) is 6.92 Å². The third-order valence-electron chi connectivity index (χ3n) is 4.58. The fourth-order valence-electron chi connectivity index (χ4n) is 3.22. The minimum absolute atomic E-state index is 0.0972. The molecule has 0 saturated carbocycles. The van der Waals surface area contributed by atoms with Crippen molar-refractivity contribution >= 4 is 28.8 Å². The molecule has 0 spiro atoms. The van der Waals surface area contributed by atoms with E-state index in [1.807, 2.05) is 81.4 Å². The van der Waals surface area contributed by atoms with E-state index in [4.69, 9.17) is 9.15 Å². The second-order valence-electron chi connectivity index (χ2n) is 7.63. The molecule has 1 heterocycles. The van der Waals surface area contributed by atoms with Gasteiger partial charge in [0.15, 0.2) is 5.58 Å². The van der Waals surface area contributed by atoms with Gasteiger partial charge in [0, 0.05) is 23.4 Å². The highest BCUT2D eigenvalue weighted by atomic mass is 16.5. The third kappa shape index (κ3) is 5.20. The Labute approximate surface area is 181 Å². The normalized spacial score (nSPS) is 11.4. The van der Waals surface area contributed by atoms with Gasteiger partial charge in [-0.25, -0.2) is 4.98 Å². The van der Waals surface area contributed by atoms with E-state index in [0.29, 0.717) is 17.2 Å². The van der Waals surface area contributed by atoms with E-state index in [2.05, 4.69) is 10.3 Å². The first-order valence-corrected chi connectivity index (χ1v) is 10.2. The SMILES string of the molecule is Cc1cccc(-c2nc3ccc(NC(=O)/C=C/c4cccc(OC(C)C)c4)cc3o2)c1. The van der Waals surface area contributed by atoms with Crippen LogP contribution < -0.4 is 10.1 Å². The van der Waals surface area contributed by atoms with Crippen LogP contribution in [0.3, 0.4) is 0 Å². The lowest BCUT2D eigenvalue weighted by Gasteiger charge is -2.09. The molecule has 1 N–H and O–H groups in total. The first-order valence-electron chi connectivity index (χ1n) is 10.2. The number of hydrogen-bond acceptors (Lipinski definition) is 4. The van der Waals surface area contributed by atoms with Crippen molar-refractivity contribution in [3.8, 4) is 17.2 Å². The van der Waals surface area contributed by atoms with Crippen LogP contribution in [0.5, 0.6) is 5.75 Å². The molecular weight excluding hydrogens is 388 g/mol. The molecule has 0 radical (unpaired) electrons. The predicted octanol–water partition coefficient (Wildman–Crippen LogP) is 6.24. The molecule has 0 bridgehead atoms. The van der Waals surface area contributed by atoms with Gasteiger partial charge in [-0.3, -0.25) is 4.79 Å².